The predicted octanol–water partition coefficient (Wildman–Crippen LogP) is 4.45. The Morgan fingerprint density at radius 3 is 2.47 bits per heavy atom. The van der Waals surface area contributed by atoms with Crippen molar-refractivity contribution in [3.8, 4) is 11.1 Å². The molecule has 0 fully saturated rings. The fraction of sp³-hybridized carbons (Fsp3) is 0.0769. The zero-order valence-electron chi connectivity index (χ0n) is 9.21. The number of nitrogen functional groups attached to an aromatic ring is 1. The van der Waals surface area contributed by atoms with Gasteiger partial charge in [-0.25, -0.2) is 4.39 Å². The van der Waals surface area contributed by atoms with Crippen LogP contribution in [-0.4, -0.2) is 6.26 Å². The molecule has 17 heavy (non-hydrogen) atoms. The van der Waals surface area contributed by atoms with Crippen LogP contribution in [0.15, 0.2) is 41.3 Å². The van der Waals surface area contributed by atoms with Crippen molar-refractivity contribution in [3.05, 3.63) is 47.2 Å². The van der Waals surface area contributed by atoms with Crippen LogP contribution < -0.4 is 5.73 Å². The summed E-state index contributed by atoms with van der Waals surface area (Å²) in [6.07, 6.45) is 1.91. The van der Waals surface area contributed by atoms with Gasteiger partial charge in [-0.2, -0.15) is 0 Å². The summed E-state index contributed by atoms with van der Waals surface area (Å²) in [5.41, 5.74) is 6.98. The maximum Gasteiger partial charge on any atom is 0.153 e. The van der Waals surface area contributed by atoms with Crippen molar-refractivity contribution in [2.75, 3.05) is 12.0 Å². The Morgan fingerprint density at radius 1 is 1.12 bits per heavy atom. The fourth-order valence-electron chi connectivity index (χ4n) is 1.69. The van der Waals surface area contributed by atoms with Crippen molar-refractivity contribution in [2.24, 2.45) is 0 Å². The Bertz CT molecular complexity index is 557. The van der Waals surface area contributed by atoms with E-state index >= 15 is 0 Å². The number of hydrogen-bond acceptors (Lipinski definition) is 2. The second kappa shape index (κ2) is 4.98. The van der Waals surface area contributed by atoms with E-state index in [-0.39, 0.29) is 5.69 Å². The van der Waals surface area contributed by atoms with Gasteiger partial charge in [-0.1, -0.05) is 35.9 Å². The molecule has 0 heterocycles. The summed E-state index contributed by atoms with van der Waals surface area (Å²) in [4.78, 5) is 0.860. The molecule has 0 aliphatic carbocycles. The molecule has 2 N–H and O–H groups in total. The number of nitrogens with two attached hydrogens (primary N) is 1. The van der Waals surface area contributed by atoms with Gasteiger partial charge in [0.2, 0.25) is 0 Å². The van der Waals surface area contributed by atoms with Gasteiger partial charge in [0.05, 0.1) is 10.7 Å². The van der Waals surface area contributed by atoms with Gasteiger partial charge < -0.3 is 5.73 Å². The molecular formula is C13H11ClFNS. The van der Waals surface area contributed by atoms with Crippen molar-refractivity contribution in [3.63, 3.8) is 0 Å². The van der Waals surface area contributed by atoms with E-state index in [1.165, 1.54) is 11.8 Å². The van der Waals surface area contributed by atoms with Gasteiger partial charge in [0.25, 0.3) is 0 Å². The molecule has 0 amide bonds. The van der Waals surface area contributed by atoms with E-state index in [2.05, 4.69) is 0 Å². The minimum atomic E-state index is -0.398. The Hall–Kier alpha value is -1.19. The van der Waals surface area contributed by atoms with Gasteiger partial charge in [-0.3, -0.25) is 0 Å². The van der Waals surface area contributed by atoms with Crippen LogP contribution in [0.2, 0.25) is 5.02 Å². The lowest BCUT2D eigenvalue weighted by molar-refractivity contribution is 0.635. The summed E-state index contributed by atoms with van der Waals surface area (Å²) >= 11 is 7.59. The van der Waals surface area contributed by atoms with Crippen molar-refractivity contribution in [2.45, 2.75) is 4.90 Å². The monoisotopic (exact) mass is 267 g/mol. The topological polar surface area (TPSA) is 26.0 Å². The van der Waals surface area contributed by atoms with Gasteiger partial charge >= 0.3 is 0 Å². The smallest absolute Gasteiger partial charge is 0.153 e. The first-order valence-corrected chi connectivity index (χ1v) is 6.62. The molecule has 0 saturated carbocycles. The van der Waals surface area contributed by atoms with Gasteiger partial charge in [0.15, 0.2) is 5.82 Å². The molecule has 0 aromatic heterocycles. The number of thioether (sulfide) groups is 1. The highest BCUT2D eigenvalue weighted by Crippen LogP contribution is 2.37. The number of hydrogen-bond donors (Lipinski definition) is 1. The Labute approximate surface area is 109 Å². The van der Waals surface area contributed by atoms with Crippen molar-refractivity contribution >= 4 is 29.1 Å². The first kappa shape index (κ1) is 12.3. The molecular weight excluding hydrogens is 257 g/mol. The Balaban J connectivity index is 2.68. The van der Waals surface area contributed by atoms with E-state index in [1.54, 1.807) is 30.3 Å². The molecule has 0 aliphatic rings. The molecule has 0 aliphatic heterocycles. The maximum absolute atomic E-state index is 14.0. The third-order valence-corrected chi connectivity index (χ3v) is 3.76. The first-order chi connectivity index (χ1) is 8.15. The van der Waals surface area contributed by atoms with E-state index in [0.717, 1.165) is 10.5 Å². The van der Waals surface area contributed by atoms with Crippen LogP contribution >= 0.6 is 23.4 Å². The van der Waals surface area contributed by atoms with Gasteiger partial charge in [0.1, 0.15) is 0 Å². The molecule has 2 aromatic carbocycles. The van der Waals surface area contributed by atoms with Crippen LogP contribution in [0.1, 0.15) is 0 Å². The summed E-state index contributed by atoms with van der Waals surface area (Å²) in [7, 11) is 0. The largest absolute Gasteiger partial charge is 0.396 e. The highest BCUT2D eigenvalue weighted by Gasteiger charge is 2.13. The molecule has 2 aromatic rings. The average Bonchev–Trinajstić information content (AvgIpc) is 2.32. The van der Waals surface area contributed by atoms with Gasteiger partial charge in [-0.15, -0.1) is 11.8 Å². The molecule has 0 atom stereocenters. The van der Waals surface area contributed by atoms with E-state index in [0.29, 0.717) is 10.6 Å². The highest BCUT2D eigenvalue weighted by atomic mass is 35.5. The second-order valence-corrected chi connectivity index (χ2v) is 4.75. The molecule has 0 unspecified atom stereocenters. The van der Waals surface area contributed by atoms with Crippen LogP contribution in [0, 0.1) is 5.82 Å². The molecule has 4 heteroatoms. The van der Waals surface area contributed by atoms with Crippen LogP contribution in [-0.2, 0) is 0 Å². The van der Waals surface area contributed by atoms with Crippen molar-refractivity contribution in [1.82, 2.24) is 0 Å². The normalized spacial score (nSPS) is 10.5. The lowest BCUT2D eigenvalue weighted by Crippen LogP contribution is -1.94. The molecule has 88 valence electrons. The van der Waals surface area contributed by atoms with Crippen molar-refractivity contribution in [1.29, 1.82) is 0 Å². The summed E-state index contributed by atoms with van der Waals surface area (Å²) in [5.74, 6) is -0.398. The summed E-state index contributed by atoms with van der Waals surface area (Å²) in [6, 6.07) is 10.4. The molecule has 0 radical (unpaired) electrons. The summed E-state index contributed by atoms with van der Waals surface area (Å²) in [5, 5.41) is 0.622. The van der Waals surface area contributed by atoms with Gasteiger partial charge in [-0.05, 0) is 24.0 Å². The third-order valence-electron chi connectivity index (χ3n) is 2.49. The number of benzene rings is 2. The van der Waals surface area contributed by atoms with E-state index in [1.807, 2.05) is 12.3 Å². The maximum atomic E-state index is 14.0. The molecule has 2 rings (SSSR count). The zero-order valence-corrected chi connectivity index (χ0v) is 10.8. The summed E-state index contributed by atoms with van der Waals surface area (Å²) in [6.45, 7) is 0. The predicted molar refractivity (Wildman–Crippen MR) is 73.0 cm³/mol. The minimum Gasteiger partial charge on any atom is -0.396 e. The SMILES string of the molecule is CSc1c(Cl)cccc1-c1cccc(N)c1F. The Morgan fingerprint density at radius 2 is 1.76 bits per heavy atom. The van der Waals surface area contributed by atoms with Crippen LogP contribution in [0.25, 0.3) is 11.1 Å². The zero-order chi connectivity index (χ0) is 12.4. The molecule has 0 spiro atoms. The molecule has 1 nitrogen and oxygen atoms in total. The number of halogens is 2. The quantitative estimate of drug-likeness (QED) is 0.643. The minimum absolute atomic E-state index is 0.148. The van der Waals surface area contributed by atoms with E-state index in [9.17, 15) is 4.39 Å². The summed E-state index contributed by atoms with van der Waals surface area (Å²) < 4.78 is 14.0. The van der Waals surface area contributed by atoms with Crippen LogP contribution in [0.5, 0.6) is 0 Å². The van der Waals surface area contributed by atoms with Gasteiger partial charge in [0, 0.05) is 10.5 Å². The molecule has 0 bridgehead atoms. The van der Waals surface area contributed by atoms with E-state index < -0.39 is 5.82 Å². The highest BCUT2D eigenvalue weighted by molar-refractivity contribution is 7.98. The Kier molecular flexibility index (Phi) is 3.60. The fourth-order valence-corrected chi connectivity index (χ4v) is 2.75. The van der Waals surface area contributed by atoms with Crippen molar-refractivity contribution < 1.29 is 4.39 Å². The third kappa shape index (κ3) is 2.26. The lowest BCUT2D eigenvalue weighted by atomic mass is 10.0. The van der Waals surface area contributed by atoms with Crippen LogP contribution in [0.4, 0.5) is 10.1 Å². The number of rotatable bonds is 2. The van der Waals surface area contributed by atoms with E-state index in [4.69, 9.17) is 17.3 Å². The lowest BCUT2D eigenvalue weighted by Gasteiger charge is -2.11. The van der Waals surface area contributed by atoms with Crippen LogP contribution in [0.3, 0.4) is 0 Å². The second-order valence-electron chi connectivity index (χ2n) is 3.53. The number of anilines is 1. The molecule has 0 saturated heterocycles. The average molecular weight is 268 g/mol. The first-order valence-electron chi connectivity index (χ1n) is 5.02. The standard InChI is InChI=1S/C13H11ClFNS/c1-17-13-9(5-2-6-10(13)14)8-4-3-7-11(16)12(8)15/h2-7H,16H2,1H3.